The van der Waals surface area contributed by atoms with Crippen molar-refractivity contribution in [1.29, 1.82) is 0 Å². The summed E-state index contributed by atoms with van der Waals surface area (Å²) in [4.78, 5) is 18.6. The number of carbonyl (C=O) groups excluding carboxylic acids is 1. The van der Waals surface area contributed by atoms with Crippen molar-refractivity contribution in [2.75, 3.05) is 13.2 Å². The Morgan fingerprint density at radius 1 is 0.931 bits per heavy atom. The molecular weight excluding hydrogens is 460 g/mol. The van der Waals surface area contributed by atoms with Crippen LogP contribution in [0.3, 0.4) is 0 Å². The summed E-state index contributed by atoms with van der Waals surface area (Å²) in [5, 5.41) is 12.5. The highest BCUT2D eigenvalue weighted by atomic mass is 35.5. The van der Waals surface area contributed by atoms with Crippen LogP contribution in [0.5, 0.6) is 11.5 Å². The molecule has 0 unspecified atom stereocenters. The molecule has 6 nitrogen and oxygen atoms in total. The minimum Gasteiger partial charge on any atom is -0.451 e. The number of rotatable bonds is 5. The van der Waals surface area contributed by atoms with Crippen LogP contribution in [-0.2, 0) is 0 Å². The quantitative estimate of drug-likeness (QED) is 0.524. The fraction of sp³-hybridized carbons (Fsp3) is 0.105. The first-order valence-electron chi connectivity index (χ1n) is 8.15. The highest BCUT2D eigenvalue weighted by molar-refractivity contribution is 6.38. The molecule has 0 aliphatic heterocycles. The summed E-state index contributed by atoms with van der Waals surface area (Å²) in [6, 6.07) is 10.2. The molecule has 3 aromatic rings. The highest BCUT2D eigenvalue weighted by Gasteiger charge is 2.13. The molecule has 0 fully saturated rings. The largest absolute Gasteiger partial charge is 0.451 e. The number of benzene rings is 2. The Bertz CT molecular complexity index is 869. The molecule has 0 bridgehead atoms. The van der Waals surface area contributed by atoms with Gasteiger partial charge in [-0.2, -0.15) is 0 Å². The van der Waals surface area contributed by atoms with Crippen LogP contribution in [0, 0.1) is 0 Å². The molecule has 0 aliphatic rings. The first-order chi connectivity index (χ1) is 13.9. The first-order valence-corrected chi connectivity index (χ1v) is 9.66. The Balaban J connectivity index is 0.000000221. The van der Waals surface area contributed by atoms with E-state index in [0.29, 0.717) is 31.6 Å². The maximum Gasteiger partial charge on any atom is 0.271 e. The third kappa shape index (κ3) is 7.03. The van der Waals surface area contributed by atoms with E-state index in [-0.39, 0.29) is 24.8 Å². The van der Waals surface area contributed by atoms with Crippen molar-refractivity contribution in [2.45, 2.75) is 0 Å². The molecule has 0 atom stereocenters. The Morgan fingerprint density at radius 2 is 1.45 bits per heavy atom. The molecule has 1 heterocycles. The van der Waals surface area contributed by atoms with Gasteiger partial charge in [0.1, 0.15) is 5.69 Å². The summed E-state index contributed by atoms with van der Waals surface area (Å²) in [5.74, 6) is 0.355. The van der Waals surface area contributed by atoms with Crippen molar-refractivity contribution in [1.82, 2.24) is 15.3 Å². The van der Waals surface area contributed by atoms with Gasteiger partial charge >= 0.3 is 0 Å². The van der Waals surface area contributed by atoms with E-state index in [9.17, 15) is 4.79 Å². The molecule has 2 N–H and O–H groups in total. The van der Waals surface area contributed by atoms with Gasteiger partial charge in [-0.15, -0.1) is 0 Å². The van der Waals surface area contributed by atoms with Crippen molar-refractivity contribution in [3.8, 4) is 11.5 Å². The number of aromatic nitrogens is 2. The van der Waals surface area contributed by atoms with Crippen LogP contribution in [-0.4, -0.2) is 34.1 Å². The molecular formula is C19H15Cl4N3O3. The van der Waals surface area contributed by atoms with Gasteiger partial charge in [0, 0.05) is 18.9 Å². The van der Waals surface area contributed by atoms with E-state index in [1.165, 1.54) is 18.6 Å². The minimum absolute atomic E-state index is 0.0774. The van der Waals surface area contributed by atoms with E-state index < -0.39 is 0 Å². The number of nitrogens with zero attached hydrogens (tertiary/aromatic N) is 2. The number of hydrogen-bond acceptors (Lipinski definition) is 5. The Kier molecular flexibility index (Phi) is 9.44. The number of para-hydroxylation sites is 2. The SMILES string of the molecule is Clc1cccc(Cl)c1Oc1c(Cl)cccc1Cl.O=C(NCCO)c1cnccn1. The Labute approximate surface area is 187 Å². The van der Waals surface area contributed by atoms with Crippen LogP contribution >= 0.6 is 46.4 Å². The molecule has 0 saturated heterocycles. The molecule has 1 aromatic heterocycles. The van der Waals surface area contributed by atoms with Gasteiger partial charge in [0.2, 0.25) is 0 Å². The highest BCUT2D eigenvalue weighted by Crippen LogP contribution is 2.41. The first kappa shape index (κ1) is 23.2. The number of carbonyl (C=O) groups is 1. The molecule has 0 aliphatic carbocycles. The van der Waals surface area contributed by atoms with Gasteiger partial charge in [0.05, 0.1) is 32.9 Å². The van der Waals surface area contributed by atoms with Gasteiger partial charge < -0.3 is 15.2 Å². The van der Waals surface area contributed by atoms with Gasteiger partial charge in [-0.1, -0.05) is 58.5 Å². The number of ether oxygens (including phenoxy) is 1. The van der Waals surface area contributed by atoms with Crippen molar-refractivity contribution >= 4 is 52.3 Å². The van der Waals surface area contributed by atoms with E-state index in [1.54, 1.807) is 36.4 Å². The van der Waals surface area contributed by atoms with Gasteiger partial charge in [0.15, 0.2) is 11.5 Å². The smallest absolute Gasteiger partial charge is 0.271 e. The lowest BCUT2D eigenvalue weighted by atomic mass is 10.3. The number of halogens is 4. The predicted octanol–water partition coefficient (Wildman–Crippen LogP) is 5.29. The number of aliphatic hydroxyl groups excluding tert-OH is 1. The number of amides is 1. The van der Waals surface area contributed by atoms with Gasteiger partial charge in [-0.25, -0.2) is 4.98 Å². The Hall–Kier alpha value is -2.09. The van der Waals surface area contributed by atoms with Crippen LogP contribution in [0.2, 0.25) is 20.1 Å². The van der Waals surface area contributed by atoms with Crippen molar-refractivity contribution in [3.63, 3.8) is 0 Å². The second-order valence-electron chi connectivity index (χ2n) is 5.27. The molecule has 3 rings (SSSR count). The zero-order valence-corrected chi connectivity index (χ0v) is 17.8. The predicted molar refractivity (Wildman–Crippen MR) is 114 cm³/mol. The van der Waals surface area contributed by atoms with E-state index in [1.807, 2.05) is 0 Å². The number of nitrogens with one attached hydrogen (secondary N) is 1. The Morgan fingerprint density at radius 3 is 1.86 bits per heavy atom. The third-order valence-electron chi connectivity index (χ3n) is 3.24. The van der Waals surface area contributed by atoms with Gasteiger partial charge in [-0.05, 0) is 24.3 Å². The monoisotopic (exact) mass is 473 g/mol. The van der Waals surface area contributed by atoms with Crippen LogP contribution < -0.4 is 10.1 Å². The molecule has 152 valence electrons. The molecule has 1 amide bonds. The standard InChI is InChI=1S/C12H6Cl4O.C7H9N3O2/c13-7-3-1-4-8(14)11(7)17-12-9(15)5-2-6-10(12)16;11-4-3-10-7(12)6-5-8-1-2-9-6/h1-6H;1-2,5,11H,3-4H2,(H,10,12). The maximum atomic E-state index is 11.1. The summed E-state index contributed by atoms with van der Waals surface area (Å²) in [6.45, 7) is 0.154. The number of hydrogen-bond donors (Lipinski definition) is 2. The fourth-order valence-corrected chi connectivity index (χ4v) is 2.89. The summed E-state index contributed by atoms with van der Waals surface area (Å²) in [5.41, 5.74) is 0.256. The van der Waals surface area contributed by atoms with Gasteiger partial charge in [-0.3, -0.25) is 9.78 Å². The zero-order chi connectivity index (χ0) is 21.2. The second-order valence-corrected chi connectivity index (χ2v) is 6.90. The third-order valence-corrected chi connectivity index (χ3v) is 4.43. The van der Waals surface area contributed by atoms with Crippen molar-refractivity contribution in [3.05, 3.63) is 80.8 Å². The molecule has 10 heteroatoms. The van der Waals surface area contributed by atoms with E-state index in [4.69, 9.17) is 56.2 Å². The molecule has 0 saturated carbocycles. The molecule has 2 aromatic carbocycles. The van der Waals surface area contributed by atoms with Gasteiger partial charge in [0.25, 0.3) is 5.91 Å². The normalized spacial score (nSPS) is 9.97. The summed E-state index contributed by atoms with van der Waals surface area (Å²) in [6.07, 6.45) is 4.30. The lowest BCUT2D eigenvalue weighted by Crippen LogP contribution is -2.27. The van der Waals surface area contributed by atoms with Crippen LogP contribution in [0.25, 0.3) is 0 Å². The fourth-order valence-electron chi connectivity index (χ4n) is 1.94. The summed E-state index contributed by atoms with van der Waals surface area (Å²) < 4.78 is 5.57. The lowest BCUT2D eigenvalue weighted by molar-refractivity contribution is 0.0939. The zero-order valence-electron chi connectivity index (χ0n) is 14.8. The number of aliphatic hydroxyl groups is 1. The topological polar surface area (TPSA) is 84.3 Å². The van der Waals surface area contributed by atoms with Crippen molar-refractivity contribution < 1.29 is 14.6 Å². The maximum absolute atomic E-state index is 11.1. The van der Waals surface area contributed by atoms with Crippen molar-refractivity contribution in [2.24, 2.45) is 0 Å². The van der Waals surface area contributed by atoms with Crippen LogP contribution in [0.4, 0.5) is 0 Å². The molecule has 29 heavy (non-hydrogen) atoms. The summed E-state index contributed by atoms with van der Waals surface area (Å²) >= 11 is 24.0. The van der Waals surface area contributed by atoms with Crippen LogP contribution in [0.1, 0.15) is 10.5 Å². The lowest BCUT2D eigenvalue weighted by Gasteiger charge is -2.11. The van der Waals surface area contributed by atoms with E-state index >= 15 is 0 Å². The van der Waals surface area contributed by atoms with Crippen LogP contribution in [0.15, 0.2) is 55.0 Å². The average molecular weight is 475 g/mol. The molecule has 0 spiro atoms. The summed E-state index contributed by atoms with van der Waals surface area (Å²) in [7, 11) is 0. The van der Waals surface area contributed by atoms with E-state index in [0.717, 1.165) is 0 Å². The minimum atomic E-state index is -0.322. The second kappa shape index (κ2) is 11.8. The average Bonchev–Trinajstić information content (AvgIpc) is 2.72. The van der Waals surface area contributed by atoms with E-state index in [2.05, 4.69) is 15.3 Å². The molecule has 0 radical (unpaired) electrons.